The molecule has 11 heavy (non-hydrogen) atoms. The minimum absolute atomic E-state index is 0.637. The molecule has 1 saturated carbocycles. The fraction of sp³-hybridized carbons (Fsp3) is 1.00. The van der Waals surface area contributed by atoms with E-state index in [1.807, 2.05) is 0 Å². The van der Waals surface area contributed by atoms with E-state index < -0.39 is 10.8 Å². The number of hydrogen-bond acceptors (Lipinski definition) is 2. The predicted molar refractivity (Wildman–Crippen MR) is 49.1 cm³/mol. The van der Waals surface area contributed by atoms with Crippen LogP contribution in [0.1, 0.15) is 19.8 Å². The fourth-order valence-electron chi connectivity index (χ4n) is 1.19. The predicted octanol–water partition coefficient (Wildman–Crippen LogP) is 0.753. The van der Waals surface area contributed by atoms with Crippen LogP contribution in [0.2, 0.25) is 0 Å². The van der Waals surface area contributed by atoms with Crippen molar-refractivity contribution in [2.24, 2.45) is 5.92 Å². The minimum atomic E-state index is -0.637. The molecule has 2 nitrogen and oxygen atoms in total. The molecule has 0 aromatic heterocycles. The Balaban J connectivity index is 1.97. The van der Waals surface area contributed by atoms with Crippen LogP contribution >= 0.6 is 0 Å². The highest BCUT2D eigenvalue weighted by atomic mass is 32.2. The Kier molecular flexibility index (Phi) is 3.52. The lowest BCUT2D eigenvalue weighted by atomic mass is 10.2. The molecule has 1 N–H and O–H groups in total. The van der Waals surface area contributed by atoms with E-state index in [2.05, 4.69) is 12.2 Å². The first kappa shape index (κ1) is 9.20. The van der Waals surface area contributed by atoms with Crippen LogP contribution in [0.4, 0.5) is 0 Å². The maximum Gasteiger partial charge on any atom is 0.0357 e. The average Bonchev–Trinajstić information content (AvgIpc) is 2.66. The zero-order valence-electron chi connectivity index (χ0n) is 7.30. The Hall–Kier alpha value is 0.110. The quantitative estimate of drug-likeness (QED) is 0.668. The van der Waals surface area contributed by atoms with E-state index in [9.17, 15) is 4.21 Å². The molecule has 2 atom stereocenters. The number of nitrogens with one attached hydrogen (secondary N) is 1. The normalized spacial score (nSPS) is 23.1. The Morgan fingerprint density at radius 3 is 2.73 bits per heavy atom. The second-order valence-electron chi connectivity index (χ2n) is 3.36. The Labute approximate surface area is 71.2 Å². The van der Waals surface area contributed by atoms with Crippen molar-refractivity contribution in [2.45, 2.75) is 25.8 Å². The second-order valence-corrected chi connectivity index (χ2v) is 4.91. The molecule has 1 aliphatic rings. The highest BCUT2D eigenvalue weighted by molar-refractivity contribution is 7.84. The molecule has 1 rings (SSSR count). The standard InChI is InChI=1S/C8H17NOS/c1-7(8-3-4-8)9-5-6-11(2)10/h7-9H,3-6H2,1-2H3. The highest BCUT2D eigenvalue weighted by Gasteiger charge is 2.27. The maximum absolute atomic E-state index is 10.7. The number of rotatable bonds is 5. The van der Waals surface area contributed by atoms with Crippen molar-refractivity contribution < 1.29 is 4.21 Å². The van der Waals surface area contributed by atoms with Gasteiger partial charge in [-0.3, -0.25) is 4.21 Å². The van der Waals surface area contributed by atoms with Crippen LogP contribution in [-0.4, -0.2) is 28.8 Å². The third-order valence-electron chi connectivity index (χ3n) is 2.18. The largest absolute Gasteiger partial charge is 0.313 e. The lowest BCUT2D eigenvalue weighted by molar-refractivity contribution is 0.513. The lowest BCUT2D eigenvalue weighted by Gasteiger charge is -2.10. The lowest BCUT2D eigenvalue weighted by Crippen LogP contribution is -2.31. The van der Waals surface area contributed by atoms with Crippen molar-refractivity contribution in [3.63, 3.8) is 0 Å². The van der Waals surface area contributed by atoms with Crippen molar-refractivity contribution >= 4 is 10.8 Å². The van der Waals surface area contributed by atoms with Gasteiger partial charge in [0.05, 0.1) is 0 Å². The van der Waals surface area contributed by atoms with E-state index in [1.165, 1.54) is 12.8 Å². The molecule has 0 bridgehead atoms. The first-order valence-corrected chi connectivity index (χ1v) is 5.96. The molecule has 0 amide bonds. The fourth-order valence-corrected chi connectivity index (χ4v) is 1.60. The van der Waals surface area contributed by atoms with E-state index >= 15 is 0 Å². The Morgan fingerprint density at radius 2 is 2.27 bits per heavy atom. The van der Waals surface area contributed by atoms with Gasteiger partial charge in [0.1, 0.15) is 0 Å². The average molecular weight is 175 g/mol. The van der Waals surface area contributed by atoms with Crippen molar-refractivity contribution in [2.75, 3.05) is 18.6 Å². The highest BCUT2D eigenvalue weighted by Crippen LogP contribution is 2.32. The van der Waals surface area contributed by atoms with Crippen LogP contribution in [0.15, 0.2) is 0 Å². The summed E-state index contributed by atoms with van der Waals surface area (Å²) < 4.78 is 10.7. The van der Waals surface area contributed by atoms with Crippen LogP contribution < -0.4 is 5.32 Å². The van der Waals surface area contributed by atoms with Gasteiger partial charge in [-0.05, 0) is 25.7 Å². The zero-order chi connectivity index (χ0) is 8.27. The summed E-state index contributed by atoms with van der Waals surface area (Å²) in [6, 6.07) is 0.638. The molecule has 1 fully saturated rings. The van der Waals surface area contributed by atoms with Gasteiger partial charge in [-0.25, -0.2) is 0 Å². The summed E-state index contributed by atoms with van der Waals surface area (Å²) in [5.74, 6) is 1.69. The van der Waals surface area contributed by atoms with Gasteiger partial charge in [-0.1, -0.05) is 0 Å². The van der Waals surface area contributed by atoms with Crippen molar-refractivity contribution in [1.29, 1.82) is 0 Å². The molecule has 0 radical (unpaired) electrons. The van der Waals surface area contributed by atoms with Gasteiger partial charge < -0.3 is 5.32 Å². The third-order valence-corrected chi connectivity index (χ3v) is 2.96. The van der Waals surface area contributed by atoms with E-state index in [4.69, 9.17) is 0 Å². The van der Waals surface area contributed by atoms with Crippen LogP contribution in [0.25, 0.3) is 0 Å². The molecule has 0 aromatic rings. The Bertz CT molecular complexity index is 145. The smallest absolute Gasteiger partial charge is 0.0357 e. The van der Waals surface area contributed by atoms with Gasteiger partial charge in [0.25, 0.3) is 0 Å². The monoisotopic (exact) mass is 175 g/mol. The second kappa shape index (κ2) is 4.21. The summed E-state index contributed by atoms with van der Waals surface area (Å²) in [6.07, 6.45) is 4.51. The summed E-state index contributed by atoms with van der Waals surface area (Å²) in [6.45, 7) is 3.12. The topological polar surface area (TPSA) is 29.1 Å². The minimum Gasteiger partial charge on any atom is -0.313 e. The summed E-state index contributed by atoms with van der Waals surface area (Å²) >= 11 is 0. The molecule has 2 unspecified atom stereocenters. The van der Waals surface area contributed by atoms with Gasteiger partial charge in [0, 0.05) is 35.4 Å². The first-order valence-electron chi connectivity index (χ1n) is 4.23. The van der Waals surface area contributed by atoms with Gasteiger partial charge in [0.2, 0.25) is 0 Å². The van der Waals surface area contributed by atoms with Crippen LogP contribution in [0.3, 0.4) is 0 Å². The molecule has 0 spiro atoms. The molecule has 3 heteroatoms. The molecule has 0 aromatic carbocycles. The van der Waals surface area contributed by atoms with E-state index in [0.717, 1.165) is 18.2 Å². The van der Waals surface area contributed by atoms with Crippen molar-refractivity contribution in [3.8, 4) is 0 Å². The molecule has 1 aliphatic carbocycles. The summed E-state index contributed by atoms with van der Waals surface area (Å²) in [5, 5.41) is 3.38. The summed E-state index contributed by atoms with van der Waals surface area (Å²) in [7, 11) is -0.637. The molecule has 0 aliphatic heterocycles. The molecular formula is C8H17NOS. The third kappa shape index (κ3) is 3.87. The van der Waals surface area contributed by atoms with Crippen molar-refractivity contribution in [1.82, 2.24) is 5.32 Å². The van der Waals surface area contributed by atoms with Crippen molar-refractivity contribution in [3.05, 3.63) is 0 Å². The summed E-state index contributed by atoms with van der Waals surface area (Å²) in [5.41, 5.74) is 0. The van der Waals surface area contributed by atoms with Crippen LogP contribution in [0, 0.1) is 5.92 Å². The van der Waals surface area contributed by atoms with Crippen LogP contribution in [-0.2, 0) is 10.8 Å². The SMILES string of the molecule is CC(NCCS(C)=O)C1CC1. The Morgan fingerprint density at radius 1 is 1.64 bits per heavy atom. The van der Waals surface area contributed by atoms with Gasteiger partial charge in [-0.2, -0.15) is 0 Å². The van der Waals surface area contributed by atoms with E-state index in [0.29, 0.717) is 6.04 Å². The molecular weight excluding hydrogens is 158 g/mol. The van der Waals surface area contributed by atoms with Gasteiger partial charge in [-0.15, -0.1) is 0 Å². The van der Waals surface area contributed by atoms with Gasteiger partial charge >= 0.3 is 0 Å². The van der Waals surface area contributed by atoms with Gasteiger partial charge in [0.15, 0.2) is 0 Å². The molecule has 0 heterocycles. The van der Waals surface area contributed by atoms with E-state index in [-0.39, 0.29) is 0 Å². The van der Waals surface area contributed by atoms with E-state index in [1.54, 1.807) is 6.26 Å². The zero-order valence-corrected chi connectivity index (χ0v) is 8.12. The molecule has 66 valence electrons. The maximum atomic E-state index is 10.7. The summed E-state index contributed by atoms with van der Waals surface area (Å²) in [4.78, 5) is 0. The molecule has 0 saturated heterocycles. The number of hydrogen-bond donors (Lipinski definition) is 1. The first-order chi connectivity index (χ1) is 5.20. The van der Waals surface area contributed by atoms with Crippen LogP contribution in [0.5, 0.6) is 0 Å².